The van der Waals surface area contributed by atoms with Gasteiger partial charge in [-0.25, -0.2) is 9.67 Å². The van der Waals surface area contributed by atoms with Gasteiger partial charge in [-0.2, -0.15) is 18.3 Å². The van der Waals surface area contributed by atoms with E-state index in [0.717, 1.165) is 0 Å². The molecule has 1 atom stereocenters. The lowest BCUT2D eigenvalue weighted by molar-refractivity contribution is -0.142. The molecule has 9 nitrogen and oxygen atoms in total. The van der Waals surface area contributed by atoms with Crippen LogP contribution in [-0.2, 0) is 33.5 Å². The second kappa shape index (κ2) is 13.0. The van der Waals surface area contributed by atoms with Crippen molar-refractivity contribution in [3.63, 3.8) is 0 Å². The Hall–Kier alpha value is -3.80. The van der Waals surface area contributed by atoms with Gasteiger partial charge in [-0.1, -0.05) is 25.3 Å². The van der Waals surface area contributed by atoms with Crippen molar-refractivity contribution in [2.75, 3.05) is 13.7 Å². The van der Waals surface area contributed by atoms with Gasteiger partial charge in [0.25, 0.3) is 0 Å². The summed E-state index contributed by atoms with van der Waals surface area (Å²) in [6.45, 7) is 0.178. The van der Waals surface area contributed by atoms with Crippen LogP contribution in [0.4, 0.5) is 13.2 Å². The lowest BCUT2D eigenvalue weighted by Gasteiger charge is -2.25. The van der Waals surface area contributed by atoms with Crippen molar-refractivity contribution in [2.45, 2.75) is 70.3 Å². The zero-order valence-corrected chi connectivity index (χ0v) is 22.1. The van der Waals surface area contributed by atoms with Crippen molar-refractivity contribution in [3.05, 3.63) is 59.0 Å². The molecule has 1 unspecified atom stereocenters. The summed E-state index contributed by atoms with van der Waals surface area (Å²) >= 11 is 0. The molecule has 0 spiro atoms. The van der Waals surface area contributed by atoms with Crippen molar-refractivity contribution in [3.8, 4) is 23.1 Å². The Labute approximate surface area is 229 Å². The third kappa shape index (κ3) is 7.65. The molecule has 2 heterocycles. The summed E-state index contributed by atoms with van der Waals surface area (Å²) in [5, 5.41) is 23.0. The zero-order valence-electron chi connectivity index (χ0n) is 22.1. The number of phenolic OH excluding ortho intramolecular Hbond substituents is 2. The van der Waals surface area contributed by atoms with Crippen LogP contribution in [0, 0.1) is 0 Å². The topological polar surface area (TPSA) is 116 Å². The number of aromatic hydroxyl groups is 2. The van der Waals surface area contributed by atoms with Gasteiger partial charge in [-0.3, -0.25) is 4.79 Å². The highest BCUT2D eigenvalue weighted by molar-refractivity contribution is 5.69. The van der Waals surface area contributed by atoms with Crippen LogP contribution in [0.5, 0.6) is 17.4 Å². The average Bonchev–Trinajstić information content (AvgIpc) is 3.77. The number of hydrogen-bond donors (Lipinski definition) is 2. The fourth-order valence-electron chi connectivity index (χ4n) is 4.20. The van der Waals surface area contributed by atoms with E-state index in [-0.39, 0.29) is 55.0 Å². The summed E-state index contributed by atoms with van der Waals surface area (Å²) in [5.41, 5.74) is 0.325. The fraction of sp³-hybridized carbons (Fsp3) is 0.464. The molecule has 0 amide bonds. The lowest BCUT2D eigenvalue weighted by Crippen LogP contribution is -2.18. The predicted molar refractivity (Wildman–Crippen MR) is 137 cm³/mol. The van der Waals surface area contributed by atoms with Crippen molar-refractivity contribution in [1.82, 2.24) is 14.8 Å². The van der Waals surface area contributed by atoms with Gasteiger partial charge < -0.3 is 24.4 Å². The molecule has 3 aromatic rings. The maximum atomic E-state index is 13.9. The molecule has 2 N–H and O–H groups in total. The van der Waals surface area contributed by atoms with Gasteiger partial charge >= 0.3 is 12.1 Å². The standard InChI is InChI=1S/C25H26F3N3O6.C3H6/c1-35-22(34)6-3-11-36-20-5-2-4-17-23(20)31(30-24(17)25(26,27)28)16-9-10-29-21(13-16)37-14-15-7-8-18(32)19(33)12-15;1-2-3-1/h7-10,12-13,20,32-33H,2-6,11,14H2,1H3;1-3H2. The molecule has 40 heavy (non-hydrogen) atoms. The number of esters is 1. The third-order valence-electron chi connectivity index (χ3n) is 6.30. The van der Waals surface area contributed by atoms with Crippen LogP contribution in [-0.4, -0.2) is 44.7 Å². The normalized spacial score (nSPS) is 15.9. The van der Waals surface area contributed by atoms with Gasteiger partial charge in [0.2, 0.25) is 5.88 Å². The van der Waals surface area contributed by atoms with Crippen molar-refractivity contribution < 1.29 is 42.4 Å². The van der Waals surface area contributed by atoms with Crippen LogP contribution < -0.4 is 4.74 Å². The highest BCUT2D eigenvalue weighted by atomic mass is 19.4. The summed E-state index contributed by atoms with van der Waals surface area (Å²) in [4.78, 5) is 15.5. The van der Waals surface area contributed by atoms with Crippen LogP contribution in [0.15, 0.2) is 36.5 Å². The number of hydrogen-bond acceptors (Lipinski definition) is 8. The second-order valence-electron chi connectivity index (χ2n) is 9.58. The summed E-state index contributed by atoms with van der Waals surface area (Å²) in [6.07, 6.45) is 2.37. The molecule has 12 heteroatoms. The van der Waals surface area contributed by atoms with E-state index in [1.54, 1.807) is 6.07 Å². The molecular weight excluding hydrogens is 531 g/mol. The highest BCUT2D eigenvalue weighted by Gasteiger charge is 2.42. The fourth-order valence-corrected chi connectivity index (χ4v) is 4.20. The minimum absolute atomic E-state index is 0.00123. The number of carbonyl (C=O) groups is 1. The molecule has 0 bridgehead atoms. The summed E-state index contributed by atoms with van der Waals surface area (Å²) in [6, 6.07) is 7.20. The van der Waals surface area contributed by atoms with Crippen LogP contribution in [0.25, 0.3) is 5.69 Å². The van der Waals surface area contributed by atoms with E-state index in [4.69, 9.17) is 9.47 Å². The van der Waals surface area contributed by atoms with E-state index >= 15 is 0 Å². The number of halogens is 3. The van der Waals surface area contributed by atoms with Gasteiger partial charge in [-0.15, -0.1) is 0 Å². The first kappa shape index (κ1) is 29.2. The largest absolute Gasteiger partial charge is 0.504 e. The van der Waals surface area contributed by atoms with Gasteiger partial charge in [-0.05, 0) is 49.4 Å². The van der Waals surface area contributed by atoms with Crippen LogP contribution in [0.1, 0.15) is 73.6 Å². The van der Waals surface area contributed by atoms with Crippen LogP contribution in [0.2, 0.25) is 0 Å². The molecule has 5 rings (SSSR count). The second-order valence-corrected chi connectivity index (χ2v) is 9.58. The number of ether oxygens (including phenoxy) is 3. The summed E-state index contributed by atoms with van der Waals surface area (Å²) in [7, 11) is 1.29. The first-order chi connectivity index (χ1) is 19.2. The van der Waals surface area contributed by atoms with Crippen molar-refractivity contribution in [1.29, 1.82) is 0 Å². The molecular formula is C28H32F3N3O6. The van der Waals surface area contributed by atoms with Crippen LogP contribution in [0.3, 0.4) is 0 Å². The Balaban J connectivity index is 0.00000115. The first-order valence-corrected chi connectivity index (χ1v) is 13.1. The number of aromatic nitrogens is 3. The number of carbonyl (C=O) groups excluding carboxylic acids is 1. The molecule has 1 saturated carbocycles. The third-order valence-corrected chi connectivity index (χ3v) is 6.30. The molecule has 2 aromatic heterocycles. The van der Waals surface area contributed by atoms with E-state index in [2.05, 4.69) is 14.8 Å². The Morgan fingerprint density at radius 3 is 2.55 bits per heavy atom. The van der Waals surface area contributed by atoms with Crippen molar-refractivity contribution >= 4 is 5.97 Å². The minimum Gasteiger partial charge on any atom is -0.504 e. The van der Waals surface area contributed by atoms with E-state index in [0.29, 0.717) is 36.2 Å². The summed E-state index contributed by atoms with van der Waals surface area (Å²) in [5.74, 6) is -0.823. The van der Waals surface area contributed by atoms with Gasteiger partial charge in [0.05, 0.1) is 24.6 Å². The van der Waals surface area contributed by atoms with Crippen LogP contribution >= 0.6 is 0 Å². The molecule has 0 radical (unpaired) electrons. The van der Waals surface area contributed by atoms with Crippen molar-refractivity contribution in [2.24, 2.45) is 0 Å². The number of pyridine rings is 1. The molecule has 0 aliphatic heterocycles. The highest BCUT2D eigenvalue weighted by Crippen LogP contribution is 2.41. The molecule has 1 fully saturated rings. The Bertz CT molecular complexity index is 1310. The number of fused-ring (bicyclic) bond motifs is 1. The molecule has 216 valence electrons. The smallest absolute Gasteiger partial charge is 0.435 e. The number of methoxy groups -OCH3 is 1. The Morgan fingerprint density at radius 1 is 1.10 bits per heavy atom. The first-order valence-electron chi connectivity index (χ1n) is 13.1. The maximum absolute atomic E-state index is 13.9. The Kier molecular flexibility index (Phi) is 9.51. The van der Waals surface area contributed by atoms with E-state index in [9.17, 15) is 28.2 Å². The minimum atomic E-state index is -4.64. The number of benzene rings is 1. The molecule has 2 aliphatic carbocycles. The Morgan fingerprint density at radius 2 is 1.88 bits per heavy atom. The molecule has 2 aliphatic rings. The lowest BCUT2D eigenvalue weighted by atomic mass is 9.93. The van der Waals surface area contributed by atoms with E-state index in [1.807, 2.05) is 0 Å². The molecule has 0 saturated heterocycles. The maximum Gasteiger partial charge on any atom is 0.435 e. The zero-order chi connectivity index (χ0) is 28.7. The monoisotopic (exact) mass is 563 g/mol. The van der Waals surface area contributed by atoms with Gasteiger partial charge in [0.15, 0.2) is 17.2 Å². The van der Waals surface area contributed by atoms with E-state index < -0.39 is 18.0 Å². The SMILES string of the molecule is C1CC1.COC(=O)CCCOC1CCCc2c(C(F)(F)F)nn(-c3ccnc(OCc4ccc(O)c(O)c4)c3)c21. The average molecular weight is 564 g/mol. The number of phenols is 2. The number of alkyl halides is 3. The number of nitrogens with zero attached hydrogens (tertiary/aromatic N) is 3. The predicted octanol–water partition coefficient (Wildman–Crippen LogP) is 5.79. The quantitative estimate of drug-likeness (QED) is 0.191. The number of rotatable bonds is 9. The van der Waals surface area contributed by atoms with E-state index in [1.165, 1.54) is 61.5 Å². The molecule has 1 aromatic carbocycles. The van der Waals surface area contributed by atoms with Gasteiger partial charge in [0, 0.05) is 30.9 Å². The van der Waals surface area contributed by atoms with Gasteiger partial charge in [0.1, 0.15) is 6.61 Å². The summed E-state index contributed by atoms with van der Waals surface area (Å²) < 4.78 is 59.0.